The van der Waals surface area contributed by atoms with E-state index in [1.54, 1.807) is 24.3 Å². The number of hydrogen-bond donors (Lipinski definition) is 2. The summed E-state index contributed by atoms with van der Waals surface area (Å²) in [5.41, 5.74) is 0.841. The van der Waals surface area contributed by atoms with E-state index in [0.29, 0.717) is 5.75 Å². The standard InChI is InChI=1S/C25H35NO6Si/c1-25(2,3)33(4,5)31-18-21(26-24(29)30-17-19-12-8-6-9-13-19)22(27)16-23(28)32-20-14-10-7-11-15-20/h6-15,21-22,27H,16-18H2,1-5H3,(H,26,29)/t21-,22-/m0/s1. The van der Waals surface area contributed by atoms with Crippen LogP contribution in [0.2, 0.25) is 18.1 Å². The second kappa shape index (κ2) is 12.0. The van der Waals surface area contributed by atoms with Crippen molar-refractivity contribution in [2.24, 2.45) is 0 Å². The van der Waals surface area contributed by atoms with Gasteiger partial charge in [-0.3, -0.25) is 4.79 Å². The Kier molecular flexibility index (Phi) is 9.64. The van der Waals surface area contributed by atoms with Crippen LogP contribution in [-0.4, -0.2) is 44.2 Å². The van der Waals surface area contributed by atoms with E-state index >= 15 is 0 Å². The molecule has 0 saturated carbocycles. The summed E-state index contributed by atoms with van der Waals surface area (Å²) in [6.07, 6.45) is -2.22. The normalized spacial score (nSPS) is 13.6. The molecule has 2 N–H and O–H groups in total. The summed E-state index contributed by atoms with van der Waals surface area (Å²) in [6.45, 7) is 10.6. The van der Waals surface area contributed by atoms with Crippen molar-refractivity contribution in [3.8, 4) is 5.75 Å². The molecule has 0 aliphatic heterocycles. The van der Waals surface area contributed by atoms with E-state index in [2.05, 4.69) is 39.2 Å². The van der Waals surface area contributed by atoms with Crippen molar-refractivity contribution in [3.63, 3.8) is 0 Å². The summed E-state index contributed by atoms with van der Waals surface area (Å²) in [5.74, 6) is -0.218. The molecule has 0 saturated heterocycles. The molecule has 0 radical (unpaired) electrons. The van der Waals surface area contributed by atoms with Gasteiger partial charge in [0.1, 0.15) is 12.4 Å². The van der Waals surface area contributed by atoms with E-state index in [1.807, 2.05) is 36.4 Å². The first kappa shape index (κ1) is 26.6. The molecule has 2 atom stereocenters. The molecular weight excluding hydrogens is 438 g/mol. The van der Waals surface area contributed by atoms with Gasteiger partial charge in [0.15, 0.2) is 8.32 Å². The van der Waals surface area contributed by atoms with Crippen LogP contribution >= 0.6 is 0 Å². The van der Waals surface area contributed by atoms with Gasteiger partial charge in [0.2, 0.25) is 0 Å². The third-order valence-corrected chi connectivity index (χ3v) is 10.3. The summed E-state index contributed by atoms with van der Waals surface area (Å²) in [7, 11) is -2.16. The number of carbonyl (C=O) groups is 2. The van der Waals surface area contributed by atoms with E-state index in [0.717, 1.165) is 5.56 Å². The van der Waals surface area contributed by atoms with Gasteiger partial charge < -0.3 is 24.3 Å². The molecule has 180 valence electrons. The highest BCUT2D eigenvalue weighted by Crippen LogP contribution is 2.36. The van der Waals surface area contributed by atoms with Crippen LogP contribution in [0.3, 0.4) is 0 Å². The quantitative estimate of drug-likeness (QED) is 0.296. The molecule has 0 aliphatic rings. The van der Waals surface area contributed by atoms with Crippen LogP contribution in [0, 0.1) is 0 Å². The number of carbonyl (C=O) groups excluding carboxylic acids is 2. The molecule has 7 nitrogen and oxygen atoms in total. The average molecular weight is 474 g/mol. The molecule has 8 heteroatoms. The Labute approximate surface area is 197 Å². The van der Waals surface area contributed by atoms with Gasteiger partial charge in [0.25, 0.3) is 0 Å². The van der Waals surface area contributed by atoms with Crippen molar-refractivity contribution in [1.82, 2.24) is 5.32 Å². The van der Waals surface area contributed by atoms with Gasteiger partial charge in [-0.25, -0.2) is 4.79 Å². The van der Waals surface area contributed by atoms with Crippen molar-refractivity contribution in [2.45, 2.75) is 64.1 Å². The van der Waals surface area contributed by atoms with E-state index in [4.69, 9.17) is 13.9 Å². The van der Waals surface area contributed by atoms with Gasteiger partial charge >= 0.3 is 12.1 Å². The minimum absolute atomic E-state index is 0.0523. The first-order valence-corrected chi connectivity index (χ1v) is 13.9. The Morgan fingerprint density at radius 1 is 1.00 bits per heavy atom. The smallest absolute Gasteiger partial charge is 0.407 e. The Hall–Kier alpha value is -2.68. The first-order valence-electron chi connectivity index (χ1n) is 11.0. The zero-order valence-corrected chi connectivity index (χ0v) is 21.0. The Morgan fingerprint density at radius 2 is 1.58 bits per heavy atom. The monoisotopic (exact) mass is 473 g/mol. The second-order valence-corrected chi connectivity index (χ2v) is 14.3. The van der Waals surface area contributed by atoms with Gasteiger partial charge in [0.05, 0.1) is 25.2 Å². The number of nitrogens with one attached hydrogen (secondary N) is 1. The molecule has 0 unspecified atom stereocenters. The third-order valence-electron chi connectivity index (χ3n) is 5.76. The maximum absolute atomic E-state index is 12.4. The van der Waals surface area contributed by atoms with Gasteiger partial charge in [-0.2, -0.15) is 0 Å². The Morgan fingerprint density at radius 3 is 2.15 bits per heavy atom. The Bertz CT molecular complexity index is 883. The molecule has 0 aromatic heterocycles. The summed E-state index contributed by atoms with van der Waals surface area (Å²) >= 11 is 0. The lowest BCUT2D eigenvalue weighted by Gasteiger charge is -2.37. The van der Waals surface area contributed by atoms with Crippen molar-refractivity contribution in [1.29, 1.82) is 0 Å². The molecular formula is C25H35NO6Si. The summed E-state index contributed by atoms with van der Waals surface area (Å²) in [5, 5.41) is 13.4. The van der Waals surface area contributed by atoms with Gasteiger partial charge in [0, 0.05) is 0 Å². The van der Waals surface area contributed by atoms with Crippen LogP contribution in [0.1, 0.15) is 32.8 Å². The number of aliphatic hydroxyl groups excluding tert-OH is 1. The molecule has 0 spiro atoms. The number of para-hydroxylation sites is 1. The zero-order valence-electron chi connectivity index (χ0n) is 20.0. The highest BCUT2D eigenvalue weighted by molar-refractivity contribution is 6.74. The summed E-state index contributed by atoms with van der Waals surface area (Å²) < 4.78 is 16.8. The first-order chi connectivity index (χ1) is 15.5. The lowest BCUT2D eigenvalue weighted by molar-refractivity contribution is -0.137. The largest absolute Gasteiger partial charge is 0.445 e. The highest BCUT2D eigenvalue weighted by Gasteiger charge is 2.38. The van der Waals surface area contributed by atoms with Crippen LogP contribution < -0.4 is 10.1 Å². The van der Waals surface area contributed by atoms with Crippen molar-refractivity contribution in [3.05, 3.63) is 66.2 Å². The van der Waals surface area contributed by atoms with Crippen molar-refractivity contribution in [2.75, 3.05) is 6.61 Å². The number of esters is 1. The topological polar surface area (TPSA) is 94.1 Å². The molecule has 0 fully saturated rings. The molecule has 2 aromatic carbocycles. The van der Waals surface area contributed by atoms with E-state index in [9.17, 15) is 14.7 Å². The number of aliphatic hydroxyl groups is 1. The third kappa shape index (κ3) is 8.99. The minimum atomic E-state index is -2.16. The average Bonchev–Trinajstić information content (AvgIpc) is 2.75. The molecule has 1 amide bonds. The highest BCUT2D eigenvalue weighted by atomic mass is 28.4. The summed E-state index contributed by atoms with van der Waals surface area (Å²) in [4.78, 5) is 24.8. The van der Waals surface area contributed by atoms with Crippen LogP contribution in [0.4, 0.5) is 4.79 Å². The molecule has 2 rings (SSSR count). The second-order valence-electron chi connectivity index (χ2n) is 9.44. The maximum atomic E-state index is 12.4. The van der Waals surface area contributed by atoms with Gasteiger partial charge in [-0.1, -0.05) is 69.3 Å². The number of amides is 1. The van der Waals surface area contributed by atoms with Crippen LogP contribution in [0.15, 0.2) is 60.7 Å². The zero-order chi connectivity index (χ0) is 24.5. The number of benzene rings is 2. The maximum Gasteiger partial charge on any atom is 0.407 e. The molecule has 0 bridgehead atoms. The van der Waals surface area contributed by atoms with Crippen molar-refractivity contribution < 1.29 is 28.6 Å². The number of alkyl carbamates (subject to hydrolysis) is 1. The van der Waals surface area contributed by atoms with Crippen LogP contribution in [-0.2, 0) is 20.6 Å². The van der Waals surface area contributed by atoms with E-state index in [-0.39, 0.29) is 24.7 Å². The summed E-state index contributed by atoms with van der Waals surface area (Å²) in [6, 6.07) is 17.1. The lowest BCUT2D eigenvalue weighted by atomic mass is 10.1. The minimum Gasteiger partial charge on any atom is -0.445 e. The fourth-order valence-corrected chi connectivity index (χ4v) is 3.68. The fraction of sp³-hybridized carbons (Fsp3) is 0.440. The van der Waals surface area contributed by atoms with E-state index in [1.165, 1.54) is 0 Å². The van der Waals surface area contributed by atoms with Gasteiger partial charge in [-0.05, 0) is 35.8 Å². The van der Waals surface area contributed by atoms with Crippen LogP contribution in [0.25, 0.3) is 0 Å². The fourth-order valence-electron chi connectivity index (χ4n) is 2.65. The van der Waals surface area contributed by atoms with Crippen LogP contribution in [0.5, 0.6) is 5.75 Å². The Balaban J connectivity index is 2.01. The van der Waals surface area contributed by atoms with Crippen molar-refractivity contribution >= 4 is 20.4 Å². The molecule has 0 aliphatic carbocycles. The molecule has 2 aromatic rings. The number of rotatable bonds is 10. The number of ether oxygens (including phenoxy) is 2. The van der Waals surface area contributed by atoms with E-state index < -0.39 is 32.5 Å². The predicted molar refractivity (Wildman–Crippen MR) is 129 cm³/mol. The molecule has 33 heavy (non-hydrogen) atoms. The molecule has 0 heterocycles. The lowest BCUT2D eigenvalue weighted by Crippen LogP contribution is -2.51. The van der Waals surface area contributed by atoms with Gasteiger partial charge in [-0.15, -0.1) is 0 Å². The SMILES string of the molecule is CC(C)(C)[Si](C)(C)OC[C@H](NC(=O)OCc1ccccc1)[C@@H](O)CC(=O)Oc1ccccc1. The number of hydrogen-bond acceptors (Lipinski definition) is 6. The predicted octanol–water partition coefficient (Wildman–Crippen LogP) is 4.66.